The van der Waals surface area contributed by atoms with E-state index < -0.39 is 30.0 Å². The van der Waals surface area contributed by atoms with Gasteiger partial charge in [0.2, 0.25) is 5.91 Å². The number of carbonyl (C=O) groups excluding carboxylic acids is 2. The summed E-state index contributed by atoms with van der Waals surface area (Å²) in [5, 5.41) is 13.7. The topological polar surface area (TPSA) is 122 Å². The van der Waals surface area contributed by atoms with Crippen LogP contribution in [0.2, 0.25) is 0 Å². The number of urea groups is 1. The normalized spacial score (nSPS) is 13.7. The molecule has 0 aliphatic rings. The molecule has 0 saturated carbocycles. The molecule has 0 aliphatic carbocycles. The molecular formula is C11H21N3O4S. The molecule has 19 heavy (non-hydrogen) atoms. The maximum Gasteiger partial charge on any atom is 0.326 e. The van der Waals surface area contributed by atoms with Crippen molar-refractivity contribution in [1.82, 2.24) is 10.6 Å². The summed E-state index contributed by atoms with van der Waals surface area (Å²) in [7, 11) is 0. The Balaban J connectivity index is 4.47. The Morgan fingerprint density at radius 2 is 1.84 bits per heavy atom. The summed E-state index contributed by atoms with van der Waals surface area (Å²) in [6.45, 7) is 3.47. The third-order valence-electron chi connectivity index (χ3n) is 2.47. The zero-order valence-electron chi connectivity index (χ0n) is 11.3. The van der Waals surface area contributed by atoms with E-state index in [2.05, 4.69) is 10.6 Å². The van der Waals surface area contributed by atoms with E-state index in [0.29, 0.717) is 12.2 Å². The molecule has 0 aromatic rings. The quantitative estimate of drug-likeness (QED) is 0.501. The molecule has 0 spiro atoms. The minimum absolute atomic E-state index is 0.169. The highest BCUT2D eigenvalue weighted by Crippen LogP contribution is 2.03. The van der Waals surface area contributed by atoms with Crippen LogP contribution in [0.5, 0.6) is 0 Å². The van der Waals surface area contributed by atoms with Crippen LogP contribution in [-0.4, -0.2) is 47.1 Å². The molecule has 0 bridgehead atoms. The van der Waals surface area contributed by atoms with Crippen molar-refractivity contribution in [3.63, 3.8) is 0 Å². The molecule has 0 radical (unpaired) electrons. The molecule has 3 amide bonds. The van der Waals surface area contributed by atoms with Gasteiger partial charge >= 0.3 is 12.0 Å². The molecule has 0 aromatic carbocycles. The van der Waals surface area contributed by atoms with Gasteiger partial charge in [-0.3, -0.25) is 4.79 Å². The van der Waals surface area contributed by atoms with Crippen molar-refractivity contribution >= 4 is 29.7 Å². The number of aliphatic carboxylic acids is 1. The molecule has 1 unspecified atom stereocenters. The molecule has 0 aromatic heterocycles. The van der Waals surface area contributed by atoms with E-state index in [1.165, 1.54) is 11.8 Å². The van der Waals surface area contributed by atoms with Gasteiger partial charge in [0.25, 0.3) is 0 Å². The van der Waals surface area contributed by atoms with Crippen LogP contribution in [0.3, 0.4) is 0 Å². The summed E-state index contributed by atoms with van der Waals surface area (Å²) >= 11 is 1.49. The van der Waals surface area contributed by atoms with Gasteiger partial charge in [0.05, 0.1) is 0 Å². The number of carboxylic acid groups (broad SMARTS) is 1. The summed E-state index contributed by atoms with van der Waals surface area (Å²) in [4.78, 5) is 33.7. The van der Waals surface area contributed by atoms with Crippen molar-refractivity contribution < 1.29 is 19.5 Å². The van der Waals surface area contributed by atoms with Crippen LogP contribution in [0.1, 0.15) is 20.3 Å². The van der Waals surface area contributed by atoms with Gasteiger partial charge < -0.3 is 21.5 Å². The number of rotatable bonds is 8. The highest BCUT2D eigenvalue weighted by molar-refractivity contribution is 7.98. The number of nitrogens with two attached hydrogens (primary N) is 1. The molecule has 0 rings (SSSR count). The molecule has 2 atom stereocenters. The van der Waals surface area contributed by atoms with Crippen molar-refractivity contribution in [2.45, 2.75) is 32.4 Å². The fourth-order valence-corrected chi connectivity index (χ4v) is 1.87. The SMILES string of the molecule is CSCC[C@H](NC(=O)NC(C(N)=O)C(C)C)C(=O)O. The average molecular weight is 291 g/mol. The standard InChI is InChI=1S/C11H21N3O4S/c1-6(2)8(9(12)15)14-11(18)13-7(10(16)17)4-5-19-3/h6-8H,4-5H2,1-3H3,(H2,12,15)(H,16,17)(H2,13,14,18)/t7-,8?/m0/s1. The first-order chi connectivity index (χ1) is 8.79. The summed E-state index contributed by atoms with van der Waals surface area (Å²) in [5.74, 6) is -1.32. The van der Waals surface area contributed by atoms with Gasteiger partial charge in [-0.15, -0.1) is 0 Å². The lowest BCUT2D eigenvalue weighted by Crippen LogP contribution is -2.54. The first kappa shape index (κ1) is 17.6. The largest absolute Gasteiger partial charge is 0.480 e. The Morgan fingerprint density at radius 3 is 2.21 bits per heavy atom. The summed E-state index contributed by atoms with van der Waals surface area (Å²) in [6, 6.07) is -2.51. The minimum Gasteiger partial charge on any atom is -0.480 e. The third kappa shape index (κ3) is 6.90. The molecule has 7 nitrogen and oxygen atoms in total. The lowest BCUT2D eigenvalue weighted by Gasteiger charge is -2.21. The van der Waals surface area contributed by atoms with Gasteiger partial charge in [0, 0.05) is 0 Å². The van der Waals surface area contributed by atoms with E-state index in [-0.39, 0.29) is 5.92 Å². The second kappa shape index (κ2) is 8.63. The summed E-state index contributed by atoms with van der Waals surface area (Å²) in [5.41, 5.74) is 5.16. The van der Waals surface area contributed by atoms with Crippen LogP contribution >= 0.6 is 11.8 Å². The third-order valence-corrected chi connectivity index (χ3v) is 3.12. The Bertz CT molecular complexity index is 336. The van der Waals surface area contributed by atoms with Crippen molar-refractivity contribution in [1.29, 1.82) is 0 Å². The number of nitrogens with one attached hydrogen (secondary N) is 2. The Hall–Kier alpha value is -1.44. The van der Waals surface area contributed by atoms with Crippen molar-refractivity contribution in [3.05, 3.63) is 0 Å². The maximum atomic E-state index is 11.6. The van der Waals surface area contributed by atoms with Crippen LogP contribution in [0.25, 0.3) is 0 Å². The number of thioether (sulfide) groups is 1. The number of amides is 3. The molecule has 0 aliphatic heterocycles. The fourth-order valence-electron chi connectivity index (χ4n) is 1.40. The van der Waals surface area contributed by atoms with Crippen LogP contribution in [0, 0.1) is 5.92 Å². The first-order valence-electron chi connectivity index (χ1n) is 5.87. The summed E-state index contributed by atoms with van der Waals surface area (Å²) in [6.07, 6.45) is 2.16. The molecule has 110 valence electrons. The van der Waals surface area contributed by atoms with E-state index in [9.17, 15) is 14.4 Å². The zero-order valence-corrected chi connectivity index (χ0v) is 12.1. The zero-order chi connectivity index (χ0) is 15.0. The van der Waals surface area contributed by atoms with Gasteiger partial charge in [-0.25, -0.2) is 9.59 Å². The van der Waals surface area contributed by atoms with Crippen molar-refractivity contribution in [2.24, 2.45) is 11.7 Å². The van der Waals surface area contributed by atoms with E-state index in [1.54, 1.807) is 13.8 Å². The Kier molecular flexibility index (Phi) is 7.97. The van der Waals surface area contributed by atoms with E-state index in [0.717, 1.165) is 0 Å². The predicted octanol–water partition coefficient (Wildman–Crippen LogP) is 0.00180. The van der Waals surface area contributed by atoms with Gasteiger partial charge in [-0.2, -0.15) is 11.8 Å². The average Bonchev–Trinajstić information content (AvgIpc) is 2.30. The lowest BCUT2D eigenvalue weighted by molar-refractivity contribution is -0.139. The van der Waals surface area contributed by atoms with Gasteiger partial charge in [-0.05, 0) is 24.3 Å². The molecule has 0 fully saturated rings. The Morgan fingerprint density at radius 1 is 1.26 bits per heavy atom. The monoisotopic (exact) mass is 291 g/mol. The highest BCUT2D eigenvalue weighted by atomic mass is 32.2. The number of hydrogen-bond donors (Lipinski definition) is 4. The highest BCUT2D eigenvalue weighted by Gasteiger charge is 2.24. The summed E-state index contributed by atoms with van der Waals surface area (Å²) < 4.78 is 0. The lowest BCUT2D eigenvalue weighted by atomic mass is 10.0. The molecule has 0 saturated heterocycles. The Labute approximate surface area is 116 Å². The van der Waals surface area contributed by atoms with Gasteiger partial charge in [0.1, 0.15) is 12.1 Å². The first-order valence-corrected chi connectivity index (χ1v) is 7.27. The smallest absolute Gasteiger partial charge is 0.326 e. The number of hydrogen-bond acceptors (Lipinski definition) is 4. The number of carbonyl (C=O) groups is 3. The van der Waals surface area contributed by atoms with Gasteiger partial charge in [-0.1, -0.05) is 13.8 Å². The molecule has 0 heterocycles. The van der Waals surface area contributed by atoms with Crippen LogP contribution in [-0.2, 0) is 9.59 Å². The maximum absolute atomic E-state index is 11.6. The fraction of sp³-hybridized carbons (Fsp3) is 0.727. The van der Waals surface area contributed by atoms with E-state index in [1.807, 2.05) is 6.26 Å². The van der Waals surface area contributed by atoms with Crippen molar-refractivity contribution in [2.75, 3.05) is 12.0 Å². The van der Waals surface area contributed by atoms with Crippen LogP contribution in [0.15, 0.2) is 0 Å². The number of carboxylic acids is 1. The van der Waals surface area contributed by atoms with E-state index in [4.69, 9.17) is 10.8 Å². The van der Waals surface area contributed by atoms with Crippen LogP contribution < -0.4 is 16.4 Å². The van der Waals surface area contributed by atoms with Crippen molar-refractivity contribution in [3.8, 4) is 0 Å². The van der Waals surface area contributed by atoms with Gasteiger partial charge in [0.15, 0.2) is 0 Å². The predicted molar refractivity (Wildman–Crippen MR) is 73.9 cm³/mol. The minimum atomic E-state index is -1.11. The van der Waals surface area contributed by atoms with E-state index >= 15 is 0 Å². The second-order valence-electron chi connectivity index (χ2n) is 4.41. The molecule has 8 heteroatoms. The molecular weight excluding hydrogens is 270 g/mol. The van der Waals surface area contributed by atoms with Crippen LogP contribution in [0.4, 0.5) is 4.79 Å². The molecule has 5 N–H and O–H groups in total. The number of primary amides is 1. The second-order valence-corrected chi connectivity index (χ2v) is 5.40.